The van der Waals surface area contributed by atoms with Crippen LogP contribution in [0.4, 0.5) is 0 Å². The molecule has 0 aliphatic carbocycles. The van der Waals surface area contributed by atoms with Crippen LogP contribution in [-0.2, 0) is 47.4 Å². The van der Waals surface area contributed by atoms with Crippen molar-refractivity contribution in [1.29, 1.82) is 0 Å². The molecule has 0 aliphatic heterocycles. The fourth-order valence-electron chi connectivity index (χ4n) is 4.16. The molecule has 222 valence electrons. The van der Waals surface area contributed by atoms with Crippen molar-refractivity contribution in [3.05, 3.63) is 29.8 Å². The first-order chi connectivity index (χ1) is 18.4. The van der Waals surface area contributed by atoms with Gasteiger partial charge in [-0.1, -0.05) is 26.2 Å². The van der Waals surface area contributed by atoms with Crippen LogP contribution >= 0.6 is 0 Å². The molecule has 0 fully saturated rings. The average molecular weight is 593 g/mol. The van der Waals surface area contributed by atoms with Gasteiger partial charge in [0.15, 0.2) is 0 Å². The van der Waals surface area contributed by atoms with Crippen LogP contribution in [-0.4, -0.2) is 28.2 Å². The molecule has 0 amide bonds. The van der Waals surface area contributed by atoms with Gasteiger partial charge in [0, 0.05) is 0 Å². The second-order valence-electron chi connectivity index (χ2n) is 10.2. The van der Waals surface area contributed by atoms with Crippen molar-refractivity contribution >= 4 is 10.1 Å². The van der Waals surface area contributed by atoms with Gasteiger partial charge in [-0.3, -0.25) is 0 Å². The second kappa shape index (κ2) is 22.4. The monoisotopic (exact) mass is 592 g/mol. The van der Waals surface area contributed by atoms with E-state index in [-0.39, 0.29) is 4.90 Å². The Morgan fingerprint density at radius 1 is 0.579 bits per heavy atom. The van der Waals surface area contributed by atoms with Crippen molar-refractivity contribution in [3.63, 3.8) is 0 Å². The summed E-state index contributed by atoms with van der Waals surface area (Å²) in [7, 11) is -4.11. The van der Waals surface area contributed by atoms with Gasteiger partial charge in [-0.2, -0.15) is 0 Å². The van der Waals surface area contributed by atoms with Gasteiger partial charge in [-0.25, -0.2) is 0 Å². The molecule has 0 saturated heterocycles. The van der Waals surface area contributed by atoms with Gasteiger partial charge >= 0.3 is 215 Å². The number of aryl methyl sites for hydroxylation is 1. The summed E-state index contributed by atoms with van der Waals surface area (Å²) >= 11 is -4.54. The quantitative estimate of drug-likeness (QED) is 0.0789. The third kappa shape index (κ3) is 15.5. The van der Waals surface area contributed by atoms with E-state index in [4.69, 9.17) is 12.7 Å². The standard InChI is InChI=1S/C18H30O3S.3C4H9O.Ti/c1-2-3-4-5-6-7-8-9-10-11-14-17-15-12-13-16-18(17)22(19,20)21;3*1-2-3-4-5;/h12-13,15-16H,2-11,14H2,1H3,(H,19,20,21);3*2-4H2,1H3;/q;3*-1;+4/p-1. The van der Waals surface area contributed by atoms with Crippen LogP contribution in [0.1, 0.15) is 136 Å². The van der Waals surface area contributed by atoms with E-state index in [1.54, 1.807) is 12.1 Å². The number of benzene rings is 1. The fourth-order valence-corrected chi connectivity index (χ4v) is 9.99. The molecule has 0 atom stereocenters. The Kier molecular flexibility index (Phi) is 21.1. The van der Waals surface area contributed by atoms with Gasteiger partial charge in [0.1, 0.15) is 0 Å². The summed E-state index contributed by atoms with van der Waals surface area (Å²) in [6.45, 7) is 9.54. The molecule has 38 heavy (non-hydrogen) atoms. The Morgan fingerprint density at radius 2 is 1.00 bits per heavy atom. The summed E-state index contributed by atoms with van der Waals surface area (Å²) in [6, 6.07) is 7.18. The van der Waals surface area contributed by atoms with Crippen LogP contribution in [0, 0.1) is 0 Å². The molecule has 1 rings (SSSR count). The topological polar surface area (TPSA) is 71.1 Å². The van der Waals surface area contributed by atoms with Crippen LogP contribution in [0.2, 0.25) is 0 Å². The third-order valence-electron chi connectivity index (χ3n) is 6.58. The molecular formula is C30H56O6STi. The Hall–Kier alpha value is -0.276. The van der Waals surface area contributed by atoms with E-state index in [0.717, 1.165) is 56.9 Å². The maximum atomic E-state index is 13.6. The summed E-state index contributed by atoms with van der Waals surface area (Å²) in [6.07, 6.45) is 18.3. The van der Waals surface area contributed by atoms with Gasteiger partial charge in [0.05, 0.1) is 0 Å². The molecule has 0 radical (unpaired) electrons. The van der Waals surface area contributed by atoms with Crippen molar-refractivity contribution in [1.82, 2.24) is 0 Å². The summed E-state index contributed by atoms with van der Waals surface area (Å²) in [4.78, 5) is 0.211. The van der Waals surface area contributed by atoms with E-state index in [1.807, 2.05) is 12.1 Å². The van der Waals surface area contributed by atoms with E-state index >= 15 is 0 Å². The van der Waals surface area contributed by atoms with E-state index in [9.17, 15) is 8.42 Å². The molecular weight excluding hydrogens is 536 g/mol. The summed E-state index contributed by atoms with van der Waals surface area (Å²) < 4.78 is 51.4. The number of hydrogen-bond donors (Lipinski definition) is 0. The summed E-state index contributed by atoms with van der Waals surface area (Å²) in [5.41, 5.74) is 0.791. The normalized spacial score (nSPS) is 12.3. The Labute approximate surface area is 239 Å². The minimum absolute atomic E-state index is 0.211. The second-order valence-corrected chi connectivity index (χ2v) is 15.4. The Balaban J connectivity index is 2.85. The predicted octanol–water partition coefficient (Wildman–Crippen LogP) is 9.12. The molecule has 0 heterocycles. The molecule has 1 aromatic rings. The third-order valence-corrected chi connectivity index (χ3v) is 12.5. The first-order valence-corrected chi connectivity index (χ1v) is 19.4. The van der Waals surface area contributed by atoms with E-state index in [1.165, 1.54) is 51.4 Å². The van der Waals surface area contributed by atoms with E-state index in [2.05, 4.69) is 27.7 Å². The predicted molar refractivity (Wildman–Crippen MR) is 153 cm³/mol. The van der Waals surface area contributed by atoms with Crippen LogP contribution in [0.5, 0.6) is 0 Å². The Bertz CT molecular complexity index is 775. The first-order valence-electron chi connectivity index (χ1n) is 15.4. The minimum atomic E-state index is -4.54. The zero-order chi connectivity index (χ0) is 28.0. The van der Waals surface area contributed by atoms with Crippen LogP contribution in [0.25, 0.3) is 0 Å². The molecule has 0 saturated carbocycles. The van der Waals surface area contributed by atoms with E-state index < -0.39 is 28.3 Å². The zero-order valence-corrected chi connectivity index (χ0v) is 27.2. The fraction of sp³-hybridized carbons (Fsp3) is 0.800. The zero-order valence-electron chi connectivity index (χ0n) is 24.8. The molecule has 0 spiro atoms. The van der Waals surface area contributed by atoms with Crippen molar-refractivity contribution in [2.45, 2.75) is 142 Å². The molecule has 0 N–H and O–H groups in total. The molecule has 1 aromatic carbocycles. The summed E-state index contributed by atoms with van der Waals surface area (Å²) in [5, 5.41) is 0. The van der Waals surface area contributed by atoms with Crippen molar-refractivity contribution in [2.24, 2.45) is 0 Å². The van der Waals surface area contributed by atoms with Gasteiger partial charge in [0.2, 0.25) is 0 Å². The molecule has 8 heteroatoms. The molecule has 0 aliphatic rings. The molecule has 0 aromatic heterocycles. The number of unbranched alkanes of at least 4 members (excludes halogenated alkanes) is 12. The van der Waals surface area contributed by atoms with Crippen molar-refractivity contribution in [3.8, 4) is 0 Å². The van der Waals surface area contributed by atoms with E-state index in [0.29, 0.717) is 26.2 Å². The van der Waals surface area contributed by atoms with Crippen molar-refractivity contribution in [2.75, 3.05) is 19.8 Å². The number of hydrogen-bond acceptors (Lipinski definition) is 6. The van der Waals surface area contributed by atoms with Gasteiger partial charge in [0.25, 0.3) is 0 Å². The average Bonchev–Trinajstić information content (AvgIpc) is 2.90. The Morgan fingerprint density at radius 3 is 1.47 bits per heavy atom. The molecule has 0 bridgehead atoms. The maximum absolute atomic E-state index is 13.6. The van der Waals surface area contributed by atoms with Crippen LogP contribution < -0.4 is 0 Å². The van der Waals surface area contributed by atoms with Gasteiger partial charge in [-0.05, 0) is 0 Å². The molecule has 0 unspecified atom stereocenters. The van der Waals surface area contributed by atoms with Gasteiger partial charge in [-0.15, -0.1) is 0 Å². The molecule has 6 nitrogen and oxygen atoms in total. The first kappa shape index (κ1) is 35.8. The van der Waals surface area contributed by atoms with Gasteiger partial charge < -0.3 is 0 Å². The summed E-state index contributed by atoms with van der Waals surface area (Å²) in [5.74, 6) is 0. The van der Waals surface area contributed by atoms with Crippen LogP contribution in [0.3, 0.4) is 0 Å². The number of rotatable bonds is 26. The van der Waals surface area contributed by atoms with Crippen molar-refractivity contribution < 1.29 is 39.3 Å². The van der Waals surface area contributed by atoms with Crippen LogP contribution in [0.15, 0.2) is 29.2 Å². The SMILES string of the molecule is CCCCCCCCCCCCc1ccccc1S(=O)(=O)[O][Ti]([O]CCCC)([O]CCCC)[O]CCCC.